The molecule has 3 aromatic rings. The van der Waals surface area contributed by atoms with Crippen molar-refractivity contribution in [1.29, 1.82) is 0 Å². The van der Waals surface area contributed by atoms with Gasteiger partial charge in [-0.25, -0.2) is 19.5 Å². The van der Waals surface area contributed by atoms with Crippen molar-refractivity contribution in [2.45, 2.75) is 0 Å². The predicted octanol–water partition coefficient (Wildman–Crippen LogP) is 3.69. The van der Waals surface area contributed by atoms with Crippen LogP contribution in [0.2, 0.25) is 5.02 Å². The second kappa shape index (κ2) is 7.89. The number of rotatable bonds is 4. The Morgan fingerprint density at radius 3 is 2.66 bits per heavy atom. The number of esters is 1. The maximum Gasteiger partial charge on any atom is 0.416 e. The van der Waals surface area contributed by atoms with Gasteiger partial charge in [0.2, 0.25) is 0 Å². The fourth-order valence-electron chi connectivity index (χ4n) is 3.05. The molecule has 0 radical (unpaired) electrons. The fourth-order valence-corrected chi connectivity index (χ4v) is 3.29. The van der Waals surface area contributed by atoms with Gasteiger partial charge in [0.05, 0.1) is 23.3 Å². The largest absolute Gasteiger partial charge is 0.452 e. The summed E-state index contributed by atoms with van der Waals surface area (Å²) in [6, 6.07) is 15.9. The van der Waals surface area contributed by atoms with E-state index < -0.39 is 24.6 Å². The van der Waals surface area contributed by atoms with Crippen LogP contribution in [0.4, 0.5) is 4.79 Å². The van der Waals surface area contributed by atoms with E-state index in [1.807, 2.05) is 12.1 Å². The molecule has 1 aliphatic heterocycles. The molecule has 1 saturated heterocycles. The molecule has 0 unspecified atom stereocenters. The molecule has 0 spiro atoms. The number of hydrogen-bond acceptors (Lipinski definition) is 6. The molecule has 0 bridgehead atoms. The van der Waals surface area contributed by atoms with Crippen molar-refractivity contribution in [2.75, 3.05) is 19.8 Å². The van der Waals surface area contributed by atoms with E-state index in [9.17, 15) is 14.4 Å². The minimum atomic E-state index is -0.735. The molecule has 0 N–H and O–H groups in total. The molecule has 8 heteroatoms. The molecule has 0 atom stereocenters. The van der Waals surface area contributed by atoms with Crippen molar-refractivity contribution in [3.05, 3.63) is 65.2 Å². The molecular formula is C21H15ClN2O5. The first kappa shape index (κ1) is 18.9. The Hall–Kier alpha value is -3.45. The van der Waals surface area contributed by atoms with Crippen LogP contribution in [-0.4, -0.2) is 47.6 Å². The summed E-state index contributed by atoms with van der Waals surface area (Å²) in [7, 11) is 0. The molecule has 2 amide bonds. The number of pyridine rings is 1. The minimum absolute atomic E-state index is 0.134. The van der Waals surface area contributed by atoms with Gasteiger partial charge in [-0.05, 0) is 18.2 Å². The van der Waals surface area contributed by atoms with Crippen LogP contribution < -0.4 is 0 Å². The van der Waals surface area contributed by atoms with Gasteiger partial charge in [0.15, 0.2) is 6.61 Å². The van der Waals surface area contributed by atoms with E-state index in [4.69, 9.17) is 21.1 Å². The Labute approximate surface area is 170 Å². The zero-order chi connectivity index (χ0) is 20.4. The van der Waals surface area contributed by atoms with Crippen LogP contribution in [0.1, 0.15) is 10.4 Å². The predicted molar refractivity (Wildman–Crippen MR) is 106 cm³/mol. The second-order valence-electron chi connectivity index (χ2n) is 6.29. The van der Waals surface area contributed by atoms with Gasteiger partial charge < -0.3 is 9.47 Å². The van der Waals surface area contributed by atoms with E-state index in [1.54, 1.807) is 42.5 Å². The number of carbonyl (C=O) groups is 3. The lowest BCUT2D eigenvalue weighted by molar-refractivity contribution is -0.131. The van der Waals surface area contributed by atoms with Crippen LogP contribution in [0.3, 0.4) is 0 Å². The highest BCUT2D eigenvalue weighted by atomic mass is 35.5. The molecule has 4 rings (SSSR count). The van der Waals surface area contributed by atoms with Crippen LogP contribution in [0, 0.1) is 0 Å². The topological polar surface area (TPSA) is 85.8 Å². The number of halogens is 1. The molecular weight excluding hydrogens is 396 g/mol. The number of amides is 2. The number of fused-ring (bicyclic) bond motifs is 1. The zero-order valence-electron chi connectivity index (χ0n) is 15.1. The number of carbonyl (C=O) groups excluding carboxylic acids is 3. The van der Waals surface area contributed by atoms with Gasteiger partial charge in [-0.3, -0.25) is 4.79 Å². The summed E-state index contributed by atoms with van der Waals surface area (Å²) in [5.74, 6) is -1.33. The summed E-state index contributed by atoms with van der Waals surface area (Å²) in [5.41, 5.74) is 2.02. The Morgan fingerprint density at radius 2 is 1.90 bits per heavy atom. The van der Waals surface area contributed by atoms with Crippen molar-refractivity contribution in [3.8, 4) is 11.3 Å². The van der Waals surface area contributed by atoms with Crippen LogP contribution in [0.15, 0.2) is 54.6 Å². The maximum atomic E-state index is 12.8. The molecule has 2 aromatic carbocycles. The number of ether oxygens (including phenoxy) is 2. The average molecular weight is 411 g/mol. The van der Waals surface area contributed by atoms with Gasteiger partial charge in [-0.2, -0.15) is 0 Å². The molecule has 29 heavy (non-hydrogen) atoms. The zero-order valence-corrected chi connectivity index (χ0v) is 15.9. The van der Waals surface area contributed by atoms with Crippen LogP contribution in [0.25, 0.3) is 22.2 Å². The van der Waals surface area contributed by atoms with Crippen molar-refractivity contribution >= 4 is 40.5 Å². The number of aromatic nitrogens is 1. The van der Waals surface area contributed by atoms with E-state index in [1.165, 1.54) is 0 Å². The number of imide groups is 1. The third-order valence-electron chi connectivity index (χ3n) is 4.47. The highest BCUT2D eigenvalue weighted by Crippen LogP contribution is 2.30. The number of para-hydroxylation sites is 1. The van der Waals surface area contributed by atoms with Gasteiger partial charge in [0, 0.05) is 16.0 Å². The molecule has 0 saturated carbocycles. The van der Waals surface area contributed by atoms with Crippen molar-refractivity contribution < 1.29 is 23.9 Å². The first-order valence-electron chi connectivity index (χ1n) is 8.83. The third-order valence-corrected chi connectivity index (χ3v) is 4.80. The molecule has 0 aliphatic carbocycles. The molecule has 146 valence electrons. The van der Waals surface area contributed by atoms with E-state index in [0.29, 0.717) is 27.2 Å². The fraction of sp³-hybridized carbons (Fsp3) is 0.143. The van der Waals surface area contributed by atoms with Gasteiger partial charge in [0.1, 0.15) is 6.61 Å². The normalized spacial score (nSPS) is 13.4. The summed E-state index contributed by atoms with van der Waals surface area (Å²) in [4.78, 5) is 41.8. The van der Waals surface area contributed by atoms with Crippen molar-refractivity contribution in [3.63, 3.8) is 0 Å². The highest BCUT2D eigenvalue weighted by molar-refractivity contribution is 6.33. The number of hydrogen-bond donors (Lipinski definition) is 0. The standard InChI is InChI=1S/C21H15ClN2O5/c22-16-7-3-1-6-14(16)18-11-15(13-5-2-4-8-17(13)23-18)20(26)29-12-19(25)24-9-10-28-21(24)27/h1-8,11H,9-10,12H2. The summed E-state index contributed by atoms with van der Waals surface area (Å²) < 4.78 is 9.90. The molecule has 1 aliphatic rings. The summed E-state index contributed by atoms with van der Waals surface area (Å²) in [6.45, 7) is -0.287. The Morgan fingerprint density at radius 1 is 1.14 bits per heavy atom. The van der Waals surface area contributed by atoms with Crippen LogP contribution in [-0.2, 0) is 14.3 Å². The van der Waals surface area contributed by atoms with E-state index in [2.05, 4.69) is 4.98 Å². The second-order valence-corrected chi connectivity index (χ2v) is 6.70. The van der Waals surface area contributed by atoms with Gasteiger partial charge in [0.25, 0.3) is 5.91 Å². The quantitative estimate of drug-likeness (QED) is 0.610. The minimum Gasteiger partial charge on any atom is -0.452 e. The molecule has 1 aromatic heterocycles. The van der Waals surface area contributed by atoms with Crippen molar-refractivity contribution in [1.82, 2.24) is 9.88 Å². The summed E-state index contributed by atoms with van der Waals surface area (Å²) in [5, 5.41) is 1.08. The Bertz CT molecular complexity index is 1130. The first-order valence-corrected chi connectivity index (χ1v) is 9.21. The lowest BCUT2D eigenvalue weighted by Gasteiger charge is -2.13. The van der Waals surface area contributed by atoms with Gasteiger partial charge in [-0.15, -0.1) is 0 Å². The SMILES string of the molecule is O=C(OCC(=O)N1CCOC1=O)c1cc(-c2ccccc2Cl)nc2ccccc12. The van der Waals surface area contributed by atoms with Crippen LogP contribution >= 0.6 is 11.6 Å². The lowest BCUT2D eigenvalue weighted by Crippen LogP contribution is -2.35. The van der Waals surface area contributed by atoms with E-state index in [-0.39, 0.29) is 18.7 Å². The van der Waals surface area contributed by atoms with Gasteiger partial charge >= 0.3 is 12.1 Å². The smallest absolute Gasteiger partial charge is 0.416 e. The Kier molecular flexibility index (Phi) is 5.14. The lowest BCUT2D eigenvalue weighted by atomic mass is 10.0. The third kappa shape index (κ3) is 3.77. The number of nitrogens with zero attached hydrogens (tertiary/aromatic N) is 2. The molecule has 2 heterocycles. The summed E-state index contributed by atoms with van der Waals surface area (Å²) >= 11 is 6.28. The van der Waals surface area contributed by atoms with Crippen LogP contribution in [0.5, 0.6) is 0 Å². The van der Waals surface area contributed by atoms with Crippen molar-refractivity contribution in [2.24, 2.45) is 0 Å². The summed E-state index contributed by atoms with van der Waals surface area (Å²) in [6.07, 6.45) is -0.735. The molecule has 1 fully saturated rings. The van der Waals surface area contributed by atoms with Gasteiger partial charge in [-0.1, -0.05) is 48.0 Å². The number of cyclic esters (lactones) is 1. The number of benzene rings is 2. The van der Waals surface area contributed by atoms with E-state index in [0.717, 1.165) is 4.90 Å². The maximum absolute atomic E-state index is 12.8. The molecule has 7 nitrogen and oxygen atoms in total. The monoisotopic (exact) mass is 410 g/mol. The highest BCUT2D eigenvalue weighted by Gasteiger charge is 2.29. The van der Waals surface area contributed by atoms with E-state index >= 15 is 0 Å². The average Bonchev–Trinajstić information content (AvgIpc) is 3.17. The Balaban J connectivity index is 1.65. The first-order chi connectivity index (χ1) is 14.0.